The Bertz CT molecular complexity index is 857. The first-order valence-electron chi connectivity index (χ1n) is 5.71. The first-order chi connectivity index (χ1) is 10.2. The van der Waals surface area contributed by atoms with E-state index in [1.54, 1.807) is 0 Å². The van der Waals surface area contributed by atoms with E-state index in [1.165, 1.54) is 12.1 Å². The number of hydrogen-bond acceptors (Lipinski definition) is 3. The summed E-state index contributed by atoms with van der Waals surface area (Å²) >= 11 is 8.74. The minimum atomic E-state index is -4.15. The number of rotatable bonds is 4. The average molecular weight is 409 g/mol. The number of anilines is 1. The highest BCUT2D eigenvalue weighted by Crippen LogP contribution is 2.25. The number of halogens is 3. The van der Waals surface area contributed by atoms with E-state index < -0.39 is 21.8 Å². The van der Waals surface area contributed by atoms with Crippen LogP contribution >= 0.6 is 27.5 Å². The number of hydrogen-bond donors (Lipinski definition) is 2. The van der Waals surface area contributed by atoms with Crippen molar-refractivity contribution in [3.63, 3.8) is 0 Å². The average Bonchev–Trinajstić information content (AvgIpc) is 2.42. The van der Waals surface area contributed by atoms with Gasteiger partial charge >= 0.3 is 5.97 Å². The van der Waals surface area contributed by atoms with E-state index in [9.17, 15) is 17.6 Å². The summed E-state index contributed by atoms with van der Waals surface area (Å²) in [5, 5.41) is 8.86. The molecule has 0 spiro atoms. The summed E-state index contributed by atoms with van der Waals surface area (Å²) in [4.78, 5) is 10.6. The summed E-state index contributed by atoms with van der Waals surface area (Å²) in [6.07, 6.45) is 0. The van der Waals surface area contributed by atoms with Crippen molar-refractivity contribution in [1.29, 1.82) is 0 Å². The zero-order valence-electron chi connectivity index (χ0n) is 10.7. The van der Waals surface area contributed by atoms with E-state index >= 15 is 0 Å². The predicted molar refractivity (Wildman–Crippen MR) is 83.3 cm³/mol. The quantitative estimate of drug-likeness (QED) is 0.807. The van der Waals surface area contributed by atoms with Crippen LogP contribution < -0.4 is 4.72 Å². The van der Waals surface area contributed by atoms with Crippen LogP contribution in [0.1, 0.15) is 10.4 Å². The maximum atomic E-state index is 13.7. The monoisotopic (exact) mass is 407 g/mol. The third-order valence-electron chi connectivity index (χ3n) is 2.65. The molecule has 0 aliphatic carbocycles. The molecule has 2 aromatic carbocycles. The van der Waals surface area contributed by atoms with Gasteiger partial charge < -0.3 is 5.11 Å². The number of carboxylic acid groups (broad SMARTS) is 1. The molecule has 0 unspecified atom stereocenters. The van der Waals surface area contributed by atoms with E-state index in [0.29, 0.717) is 4.47 Å². The first kappa shape index (κ1) is 16.7. The van der Waals surface area contributed by atoms with Gasteiger partial charge in [-0.2, -0.15) is 0 Å². The Hall–Kier alpha value is -1.64. The molecule has 5 nitrogen and oxygen atoms in total. The Morgan fingerprint density at radius 2 is 1.91 bits per heavy atom. The summed E-state index contributed by atoms with van der Waals surface area (Å²) in [6, 6.07) is 6.99. The second kappa shape index (κ2) is 6.23. The van der Waals surface area contributed by atoms with E-state index in [4.69, 9.17) is 16.7 Å². The molecule has 0 aromatic heterocycles. The van der Waals surface area contributed by atoms with Gasteiger partial charge in [0.2, 0.25) is 0 Å². The van der Waals surface area contributed by atoms with Gasteiger partial charge in [0.1, 0.15) is 5.82 Å². The Labute approximate surface area is 138 Å². The number of nitrogens with one attached hydrogen (secondary N) is 1. The molecular weight excluding hydrogens is 401 g/mol. The van der Waals surface area contributed by atoms with Crippen molar-refractivity contribution in [3.8, 4) is 0 Å². The lowest BCUT2D eigenvalue weighted by Gasteiger charge is -2.10. The van der Waals surface area contributed by atoms with Crippen molar-refractivity contribution in [3.05, 3.63) is 57.3 Å². The standard InChI is InChI=1S/C13H8BrClFNO4S/c14-7-1-4-12(11(16)5-7)17-22(20,21)8-2-3-10(15)9(6-8)13(18)19/h1-6,17H,(H,18,19). The topological polar surface area (TPSA) is 83.5 Å². The molecule has 0 radical (unpaired) electrons. The maximum Gasteiger partial charge on any atom is 0.337 e. The van der Waals surface area contributed by atoms with Gasteiger partial charge in [-0.25, -0.2) is 17.6 Å². The molecule has 2 rings (SSSR count). The highest BCUT2D eigenvalue weighted by atomic mass is 79.9. The van der Waals surface area contributed by atoms with Gasteiger partial charge in [-0.05, 0) is 36.4 Å². The van der Waals surface area contributed by atoms with Crippen LogP contribution in [0.5, 0.6) is 0 Å². The molecule has 0 bridgehead atoms. The summed E-state index contributed by atoms with van der Waals surface area (Å²) in [5.74, 6) is -2.14. The SMILES string of the molecule is O=C(O)c1cc(S(=O)(=O)Nc2ccc(Br)cc2F)ccc1Cl. The number of carbonyl (C=O) groups is 1. The van der Waals surface area contributed by atoms with Crippen molar-refractivity contribution >= 4 is 49.2 Å². The van der Waals surface area contributed by atoms with Gasteiger partial charge in [0.25, 0.3) is 10.0 Å². The van der Waals surface area contributed by atoms with Gasteiger partial charge in [0.15, 0.2) is 0 Å². The molecule has 0 saturated carbocycles. The molecule has 2 N–H and O–H groups in total. The van der Waals surface area contributed by atoms with Crippen LogP contribution in [-0.2, 0) is 10.0 Å². The lowest BCUT2D eigenvalue weighted by Crippen LogP contribution is -2.15. The molecule has 116 valence electrons. The molecule has 0 fully saturated rings. The van der Waals surface area contributed by atoms with Crippen LogP contribution in [0, 0.1) is 5.82 Å². The van der Waals surface area contributed by atoms with Gasteiger partial charge in [0.05, 0.1) is 21.2 Å². The molecule has 0 amide bonds. The number of benzene rings is 2. The van der Waals surface area contributed by atoms with Crippen LogP contribution in [0.2, 0.25) is 5.02 Å². The molecule has 0 saturated heterocycles. The van der Waals surface area contributed by atoms with Gasteiger partial charge in [0, 0.05) is 4.47 Å². The highest BCUT2D eigenvalue weighted by Gasteiger charge is 2.19. The number of aromatic carboxylic acids is 1. The van der Waals surface area contributed by atoms with Crippen LogP contribution in [0.3, 0.4) is 0 Å². The zero-order valence-corrected chi connectivity index (χ0v) is 13.8. The van der Waals surface area contributed by atoms with Crippen molar-refractivity contribution < 1.29 is 22.7 Å². The van der Waals surface area contributed by atoms with Crippen molar-refractivity contribution in [2.75, 3.05) is 4.72 Å². The molecule has 9 heteroatoms. The summed E-state index contributed by atoms with van der Waals surface area (Å²) < 4.78 is 40.6. The summed E-state index contributed by atoms with van der Waals surface area (Å²) in [7, 11) is -4.15. The Balaban J connectivity index is 2.42. The fraction of sp³-hybridized carbons (Fsp3) is 0. The zero-order chi connectivity index (χ0) is 16.5. The third kappa shape index (κ3) is 3.57. The third-order valence-corrected chi connectivity index (χ3v) is 4.84. The van der Waals surface area contributed by atoms with E-state index in [0.717, 1.165) is 24.3 Å². The fourth-order valence-electron chi connectivity index (χ4n) is 1.61. The molecule has 0 aliphatic rings. The van der Waals surface area contributed by atoms with Crippen LogP contribution in [0.4, 0.5) is 10.1 Å². The summed E-state index contributed by atoms with van der Waals surface area (Å²) in [5.41, 5.74) is -0.615. The minimum Gasteiger partial charge on any atom is -0.478 e. The fourth-order valence-corrected chi connectivity index (χ4v) is 3.24. The van der Waals surface area contributed by atoms with Gasteiger partial charge in [-0.1, -0.05) is 27.5 Å². The second-order valence-electron chi connectivity index (χ2n) is 4.18. The van der Waals surface area contributed by atoms with Crippen molar-refractivity contribution in [2.45, 2.75) is 4.90 Å². The largest absolute Gasteiger partial charge is 0.478 e. The van der Waals surface area contributed by atoms with Crippen LogP contribution in [0.15, 0.2) is 45.8 Å². The van der Waals surface area contributed by atoms with Crippen molar-refractivity contribution in [1.82, 2.24) is 0 Å². The maximum absolute atomic E-state index is 13.7. The minimum absolute atomic E-state index is 0.0960. The molecule has 0 aliphatic heterocycles. The first-order valence-corrected chi connectivity index (χ1v) is 8.37. The molecule has 2 aromatic rings. The second-order valence-corrected chi connectivity index (χ2v) is 7.18. The molecular formula is C13H8BrClFNO4S. The Kier molecular flexibility index (Phi) is 4.74. The Morgan fingerprint density at radius 3 is 2.50 bits per heavy atom. The number of carboxylic acids is 1. The lowest BCUT2D eigenvalue weighted by molar-refractivity contribution is 0.0697. The van der Waals surface area contributed by atoms with Crippen LogP contribution in [0.25, 0.3) is 0 Å². The predicted octanol–water partition coefficient (Wildman–Crippen LogP) is 3.74. The van der Waals surface area contributed by atoms with Crippen LogP contribution in [-0.4, -0.2) is 19.5 Å². The normalized spacial score (nSPS) is 11.2. The highest BCUT2D eigenvalue weighted by molar-refractivity contribution is 9.10. The van der Waals surface area contributed by atoms with Crippen molar-refractivity contribution in [2.24, 2.45) is 0 Å². The molecule has 0 atom stereocenters. The van der Waals surface area contributed by atoms with E-state index in [-0.39, 0.29) is 21.2 Å². The van der Waals surface area contributed by atoms with Gasteiger partial charge in [-0.3, -0.25) is 4.72 Å². The summed E-state index contributed by atoms with van der Waals surface area (Å²) in [6.45, 7) is 0. The Morgan fingerprint density at radius 1 is 1.23 bits per heavy atom. The van der Waals surface area contributed by atoms with Gasteiger partial charge in [-0.15, -0.1) is 0 Å². The van der Waals surface area contributed by atoms with E-state index in [2.05, 4.69) is 20.7 Å². The van der Waals surface area contributed by atoms with E-state index in [1.807, 2.05) is 0 Å². The number of sulfonamides is 1. The smallest absolute Gasteiger partial charge is 0.337 e. The molecule has 22 heavy (non-hydrogen) atoms. The lowest BCUT2D eigenvalue weighted by atomic mass is 10.2. The molecule has 0 heterocycles.